The van der Waals surface area contributed by atoms with Crippen LogP contribution >= 0.6 is 23.1 Å². The van der Waals surface area contributed by atoms with Crippen molar-refractivity contribution in [3.8, 4) is 5.69 Å². The number of para-hydroxylation sites is 1. The van der Waals surface area contributed by atoms with Crippen LogP contribution in [0.4, 0.5) is 0 Å². The van der Waals surface area contributed by atoms with E-state index in [1.165, 1.54) is 23.1 Å². The number of fused-ring (bicyclic) bond motifs is 1. The molecule has 0 saturated carbocycles. The van der Waals surface area contributed by atoms with Crippen LogP contribution in [0.1, 0.15) is 13.8 Å². The minimum Gasteiger partial charge on any atom is -0.339 e. The SMILES string of the molecule is CCN1CCN(C(=O)[C@H](C)Sc2nc3sccc3c(=O)n2-c2ccccc2)CC1. The number of thioether (sulfide) groups is 1. The summed E-state index contributed by atoms with van der Waals surface area (Å²) >= 11 is 2.81. The molecule has 4 rings (SSSR count). The number of carbonyl (C=O) groups is 1. The molecule has 152 valence electrons. The van der Waals surface area contributed by atoms with Gasteiger partial charge in [-0.3, -0.25) is 14.2 Å². The first-order valence-electron chi connectivity index (χ1n) is 9.82. The number of hydrogen-bond acceptors (Lipinski definition) is 6. The second-order valence-corrected chi connectivity index (χ2v) is 9.23. The van der Waals surface area contributed by atoms with Crippen LogP contribution in [0, 0.1) is 0 Å². The van der Waals surface area contributed by atoms with Crippen molar-refractivity contribution < 1.29 is 4.79 Å². The molecule has 1 amide bonds. The fourth-order valence-corrected chi connectivity index (χ4v) is 5.34. The molecule has 0 N–H and O–H groups in total. The third kappa shape index (κ3) is 4.10. The first-order valence-corrected chi connectivity index (χ1v) is 11.6. The van der Waals surface area contributed by atoms with Crippen LogP contribution in [0.25, 0.3) is 15.9 Å². The van der Waals surface area contributed by atoms with E-state index in [2.05, 4.69) is 11.8 Å². The normalized spacial score (nSPS) is 16.3. The molecule has 1 aliphatic heterocycles. The molecule has 0 spiro atoms. The van der Waals surface area contributed by atoms with Crippen LogP contribution in [0.3, 0.4) is 0 Å². The lowest BCUT2D eigenvalue weighted by Crippen LogP contribution is -2.50. The summed E-state index contributed by atoms with van der Waals surface area (Å²) in [6.45, 7) is 8.38. The molecule has 29 heavy (non-hydrogen) atoms. The van der Waals surface area contributed by atoms with Crippen LogP contribution in [-0.4, -0.2) is 63.2 Å². The number of amides is 1. The van der Waals surface area contributed by atoms with Gasteiger partial charge in [0.1, 0.15) is 4.83 Å². The summed E-state index contributed by atoms with van der Waals surface area (Å²) in [4.78, 5) is 35.9. The number of likely N-dealkylation sites (N-methyl/N-ethyl adjacent to an activating group) is 1. The van der Waals surface area contributed by atoms with E-state index in [0.29, 0.717) is 15.4 Å². The second-order valence-electron chi connectivity index (χ2n) is 7.03. The van der Waals surface area contributed by atoms with E-state index in [1.807, 2.05) is 53.6 Å². The van der Waals surface area contributed by atoms with Crippen LogP contribution in [0.15, 0.2) is 51.7 Å². The highest BCUT2D eigenvalue weighted by Crippen LogP contribution is 2.27. The van der Waals surface area contributed by atoms with Crippen LogP contribution in [0.2, 0.25) is 0 Å². The number of benzene rings is 1. The van der Waals surface area contributed by atoms with E-state index < -0.39 is 0 Å². The Morgan fingerprint density at radius 3 is 2.59 bits per heavy atom. The number of piperazine rings is 1. The highest BCUT2D eigenvalue weighted by Gasteiger charge is 2.27. The lowest BCUT2D eigenvalue weighted by molar-refractivity contribution is -0.132. The van der Waals surface area contributed by atoms with E-state index in [9.17, 15) is 9.59 Å². The molecule has 0 unspecified atom stereocenters. The van der Waals surface area contributed by atoms with E-state index in [1.54, 1.807) is 4.57 Å². The maximum absolute atomic E-state index is 13.1. The van der Waals surface area contributed by atoms with Crippen molar-refractivity contribution in [1.29, 1.82) is 0 Å². The summed E-state index contributed by atoms with van der Waals surface area (Å²) in [5.74, 6) is 0.103. The van der Waals surface area contributed by atoms with Gasteiger partial charge in [-0.05, 0) is 37.0 Å². The monoisotopic (exact) mass is 428 g/mol. The van der Waals surface area contributed by atoms with Gasteiger partial charge in [0, 0.05) is 26.2 Å². The molecular formula is C21H24N4O2S2. The van der Waals surface area contributed by atoms with Gasteiger partial charge in [0.25, 0.3) is 5.56 Å². The maximum Gasteiger partial charge on any atom is 0.267 e. The molecule has 1 atom stereocenters. The number of hydrogen-bond donors (Lipinski definition) is 0. The molecule has 1 aliphatic rings. The van der Waals surface area contributed by atoms with Crippen LogP contribution in [-0.2, 0) is 4.79 Å². The number of rotatable bonds is 5. The Morgan fingerprint density at radius 2 is 1.90 bits per heavy atom. The standard InChI is InChI=1S/C21H24N4O2S2/c1-3-23-10-12-24(13-11-23)19(26)15(2)29-21-22-18-17(9-14-28-18)20(27)25(21)16-7-5-4-6-8-16/h4-9,14-15H,3,10-13H2,1-2H3/t15-/m0/s1. The quantitative estimate of drug-likeness (QED) is 0.462. The van der Waals surface area contributed by atoms with Gasteiger partial charge in [0.15, 0.2) is 5.16 Å². The largest absolute Gasteiger partial charge is 0.339 e. The van der Waals surface area contributed by atoms with Crippen molar-refractivity contribution in [2.24, 2.45) is 0 Å². The van der Waals surface area contributed by atoms with Gasteiger partial charge in [-0.1, -0.05) is 36.9 Å². The fourth-order valence-electron chi connectivity index (χ4n) is 3.53. The third-order valence-corrected chi connectivity index (χ3v) is 7.09. The van der Waals surface area contributed by atoms with Gasteiger partial charge < -0.3 is 9.80 Å². The van der Waals surface area contributed by atoms with Crippen LogP contribution in [0.5, 0.6) is 0 Å². The summed E-state index contributed by atoms with van der Waals surface area (Å²) < 4.78 is 1.62. The van der Waals surface area contributed by atoms with Gasteiger partial charge >= 0.3 is 0 Å². The summed E-state index contributed by atoms with van der Waals surface area (Å²) in [5, 5.41) is 2.73. The first kappa shape index (κ1) is 20.1. The average Bonchev–Trinajstić information content (AvgIpc) is 3.23. The molecule has 1 fully saturated rings. The zero-order valence-electron chi connectivity index (χ0n) is 16.6. The molecule has 8 heteroatoms. The molecule has 0 bridgehead atoms. The average molecular weight is 429 g/mol. The summed E-state index contributed by atoms with van der Waals surface area (Å²) in [5.41, 5.74) is 0.665. The highest BCUT2D eigenvalue weighted by atomic mass is 32.2. The number of aromatic nitrogens is 2. The maximum atomic E-state index is 13.1. The first-order chi connectivity index (χ1) is 14.1. The number of carbonyl (C=O) groups excluding carboxylic acids is 1. The van der Waals surface area contributed by atoms with Gasteiger partial charge in [-0.15, -0.1) is 11.3 Å². The van der Waals surface area contributed by atoms with Gasteiger partial charge in [-0.2, -0.15) is 0 Å². The predicted octanol–water partition coefficient (Wildman–Crippen LogP) is 3.09. The smallest absolute Gasteiger partial charge is 0.267 e. The molecule has 1 aromatic carbocycles. The lowest BCUT2D eigenvalue weighted by Gasteiger charge is -2.35. The Balaban J connectivity index is 1.63. The van der Waals surface area contributed by atoms with E-state index in [0.717, 1.165) is 38.4 Å². The van der Waals surface area contributed by atoms with Gasteiger partial charge in [-0.25, -0.2) is 4.98 Å². The Morgan fingerprint density at radius 1 is 1.17 bits per heavy atom. The van der Waals surface area contributed by atoms with E-state index >= 15 is 0 Å². The summed E-state index contributed by atoms with van der Waals surface area (Å²) in [6.07, 6.45) is 0. The molecular weight excluding hydrogens is 404 g/mol. The molecule has 1 saturated heterocycles. The van der Waals surface area contributed by atoms with E-state index in [4.69, 9.17) is 4.98 Å². The van der Waals surface area contributed by atoms with E-state index in [-0.39, 0.29) is 16.7 Å². The Kier molecular flexibility index (Phi) is 6.03. The topological polar surface area (TPSA) is 58.4 Å². The van der Waals surface area contributed by atoms with Crippen molar-refractivity contribution in [1.82, 2.24) is 19.4 Å². The Bertz CT molecular complexity index is 1060. The minimum absolute atomic E-state index is 0.0961. The third-order valence-electron chi connectivity index (χ3n) is 5.24. The zero-order valence-corrected chi connectivity index (χ0v) is 18.2. The van der Waals surface area contributed by atoms with Crippen molar-refractivity contribution in [3.63, 3.8) is 0 Å². The summed E-state index contributed by atoms with van der Waals surface area (Å²) in [6, 6.07) is 11.3. The Hall–Kier alpha value is -2.16. The molecule has 0 radical (unpaired) electrons. The van der Waals surface area contributed by atoms with Crippen molar-refractivity contribution >= 4 is 39.2 Å². The molecule has 0 aliphatic carbocycles. The number of thiophene rings is 1. The second kappa shape index (κ2) is 8.69. The van der Waals surface area contributed by atoms with Crippen molar-refractivity contribution in [2.75, 3.05) is 32.7 Å². The molecule has 6 nitrogen and oxygen atoms in total. The molecule has 3 heterocycles. The fraction of sp³-hybridized carbons (Fsp3) is 0.381. The Labute approximate surface area is 178 Å². The number of nitrogens with zero attached hydrogens (tertiary/aromatic N) is 4. The van der Waals surface area contributed by atoms with Gasteiger partial charge in [0.2, 0.25) is 5.91 Å². The predicted molar refractivity (Wildman–Crippen MR) is 119 cm³/mol. The zero-order chi connectivity index (χ0) is 20.4. The summed E-state index contributed by atoms with van der Waals surface area (Å²) in [7, 11) is 0. The molecule has 3 aromatic rings. The lowest BCUT2D eigenvalue weighted by atomic mass is 10.3. The van der Waals surface area contributed by atoms with Crippen LogP contribution < -0.4 is 5.56 Å². The molecule has 2 aromatic heterocycles. The van der Waals surface area contributed by atoms with Crippen molar-refractivity contribution in [3.05, 3.63) is 52.1 Å². The van der Waals surface area contributed by atoms with Gasteiger partial charge in [0.05, 0.1) is 16.3 Å². The highest BCUT2D eigenvalue weighted by molar-refractivity contribution is 8.00. The minimum atomic E-state index is -0.317. The van der Waals surface area contributed by atoms with Crippen molar-refractivity contribution in [2.45, 2.75) is 24.3 Å².